The number of urea groups is 1. The third kappa shape index (κ3) is 8.81. The van der Waals surface area contributed by atoms with Gasteiger partial charge in [0, 0.05) is 18.8 Å². The van der Waals surface area contributed by atoms with E-state index >= 15 is 0 Å². The molecule has 0 aliphatic heterocycles. The number of aryl methyl sites for hydroxylation is 1. The first kappa shape index (κ1) is 28.0. The van der Waals surface area contributed by atoms with E-state index in [0.29, 0.717) is 24.5 Å². The van der Waals surface area contributed by atoms with Gasteiger partial charge < -0.3 is 20.6 Å². The summed E-state index contributed by atoms with van der Waals surface area (Å²) in [7, 11) is 0. The van der Waals surface area contributed by atoms with Crippen molar-refractivity contribution in [3.8, 4) is 0 Å². The van der Waals surface area contributed by atoms with Gasteiger partial charge in [-0.05, 0) is 48.6 Å². The number of alkyl halides is 3. The van der Waals surface area contributed by atoms with Crippen LogP contribution in [0.1, 0.15) is 51.2 Å². The lowest BCUT2D eigenvalue weighted by Gasteiger charge is -2.31. The Morgan fingerprint density at radius 2 is 1.51 bits per heavy atom. The van der Waals surface area contributed by atoms with Gasteiger partial charge in [0.15, 0.2) is 0 Å². The minimum atomic E-state index is -4.75. The van der Waals surface area contributed by atoms with Crippen LogP contribution in [-0.4, -0.2) is 36.4 Å². The molecule has 0 aromatic heterocycles. The summed E-state index contributed by atoms with van der Waals surface area (Å²) in [6.07, 6.45) is -5.85. The minimum absolute atomic E-state index is 0.188. The van der Waals surface area contributed by atoms with E-state index in [1.165, 1.54) is 18.2 Å². The number of anilines is 3. The number of carboxylic acids is 1. The number of aliphatic carboxylic acids is 1. The predicted molar refractivity (Wildman–Crippen MR) is 133 cm³/mol. The van der Waals surface area contributed by atoms with E-state index in [9.17, 15) is 22.8 Å². The normalized spacial score (nSPS) is 12.5. The Balaban J connectivity index is 2.50. The largest absolute Gasteiger partial charge is 0.481 e. The van der Waals surface area contributed by atoms with Crippen molar-refractivity contribution < 1.29 is 27.9 Å². The molecular weight excluding hydrogens is 459 g/mol. The van der Waals surface area contributed by atoms with Gasteiger partial charge in [0.1, 0.15) is 0 Å². The summed E-state index contributed by atoms with van der Waals surface area (Å²) in [6.45, 7) is 11.3. The zero-order valence-electron chi connectivity index (χ0n) is 20.7. The molecule has 35 heavy (non-hydrogen) atoms. The second kappa shape index (κ2) is 12.0. The summed E-state index contributed by atoms with van der Waals surface area (Å²) in [5, 5.41) is 14.4. The fourth-order valence-electron chi connectivity index (χ4n) is 3.82. The second-order valence-corrected chi connectivity index (χ2v) is 9.61. The molecular formula is C26H34F3N3O3. The molecule has 0 fully saturated rings. The smallest absolute Gasteiger partial charge is 0.396 e. The van der Waals surface area contributed by atoms with E-state index in [0.717, 1.165) is 5.56 Å². The van der Waals surface area contributed by atoms with E-state index in [1.807, 2.05) is 51.7 Å². The summed E-state index contributed by atoms with van der Waals surface area (Å²) in [5.74, 6) is -3.22. The van der Waals surface area contributed by atoms with Gasteiger partial charge in [-0.1, -0.05) is 51.5 Å². The second-order valence-electron chi connectivity index (χ2n) is 9.61. The van der Waals surface area contributed by atoms with Gasteiger partial charge in [0.25, 0.3) is 0 Å². The molecule has 9 heteroatoms. The Morgan fingerprint density at radius 3 is 2.00 bits per heavy atom. The van der Waals surface area contributed by atoms with Crippen LogP contribution in [0.4, 0.5) is 35.0 Å². The first-order valence-electron chi connectivity index (χ1n) is 11.6. The molecule has 0 aliphatic rings. The molecule has 2 amide bonds. The Hall–Kier alpha value is -3.23. The van der Waals surface area contributed by atoms with E-state index in [-0.39, 0.29) is 23.1 Å². The molecule has 1 atom stereocenters. The van der Waals surface area contributed by atoms with Crippen LogP contribution in [0.5, 0.6) is 0 Å². The van der Waals surface area contributed by atoms with Crippen molar-refractivity contribution in [2.75, 3.05) is 28.6 Å². The van der Waals surface area contributed by atoms with Crippen molar-refractivity contribution in [2.24, 2.45) is 11.8 Å². The third-order valence-electron chi connectivity index (χ3n) is 5.27. The SMILES string of the molecule is Cc1ccc(NC(=O)Nc2cc(C(CC(=O)O)C(F)(F)F)ccc2N(CC(C)C)CC(C)C)cc1. The minimum Gasteiger partial charge on any atom is -0.481 e. The lowest BCUT2D eigenvalue weighted by atomic mass is 9.94. The van der Waals surface area contributed by atoms with Gasteiger partial charge in [-0.2, -0.15) is 13.2 Å². The number of carbonyl (C=O) groups is 2. The maximum absolute atomic E-state index is 13.7. The summed E-state index contributed by atoms with van der Waals surface area (Å²) in [5.41, 5.74) is 2.09. The summed E-state index contributed by atoms with van der Waals surface area (Å²) >= 11 is 0. The van der Waals surface area contributed by atoms with Gasteiger partial charge in [-0.25, -0.2) is 4.79 Å². The highest BCUT2D eigenvalue weighted by atomic mass is 19.4. The monoisotopic (exact) mass is 493 g/mol. The van der Waals surface area contributed by atoms with Crippen LogP contribution in [0.15, 0.2) is 42.5 Å². The van der Waals surface area contributed by atoms with Crippen molar-refractivity contribution in [2.45, 2.75) is 53.1 Å². The fraction of sp³-hybridized carbons (Fsp3) is 0.462. The molecule has 2 rings (SSSR count). The molecule has 0 spiro atoms. The van der Waals surface area contributed by atoms with Crippen LogP contribution < -0.4 is 15.5 Å². The van der Waals surface area contributed by atoms with Crippen molar-refractivity contribution in [1.29, 1.82) is 0 Å². The lowest BCUT2D eigenvalue weighted by Crippen LogP contribution is -2.33. The van der Waals surface area contributed by atoms with Gasteiger partial charge in [-0.15, -0.1) is 0 Å². The zero-order valence-corrected chi connectivity index (χ0v) is 20.7. The van der Waals surface area contributed by atoms with Crippen molar-refractivity contribution in [3.05, 3.63) is 53.6 Å². The van der Waals surface area contributed by atoms with E-state index in [4.69, 9.17) is 5.11 Å². The summed E-state index contributed by atoms with van der Waals surface area (Å²) in [4.78, 5) is 26.0. The highest BCUT2D eigenvalue weighted by Crippen LogP contribution is 2.40. The van der Waals surface area contributed by atoms with Crippen LogP contribution in [0.25, 0.3) is 0 Å². The molecule has 0 aliphatic carbocycles. The molecule has 0 bridgehead atoms. The predicted octanol–water partition coefficient (Wildman–Crippen LogP) is 6.88. The molecule has 2 aromatic rings. The maximum Gasteiger partial charge on any atom is 0.396 e. The Kier molecular flexibility index (Phi) is 9.56. The molecule has 0 saturated carbocycles. The maximum atomic E-state index is 13.7. The van der Waals surface area contributed by atoms with Crippen LogP contribution in [0, 0.1) is 18.8 Å². The van der Waals surface area contributed by atoms with Crippen LogP contribution in [-0.2, 0) is 4.79 Å². The van der Waals surface area contributed by atoms with Gasteiger partial charge in [0.05, 0.1) is 23.7 Å². The first-order chi connectivity index (χ1) is 16.3. The zero-order chi connectivity index (χ0) is 26.3. The standard InChI is InChI=1S/C26H34F3N3O3/c1-16(2)14-32(15-17(3)4)23-11-8-19(21(13-24(33)34)26(27,28)29)12-22(23)31-25(35)30-20-9-6-18(5)7-10-20/h6-12,16-17,21H,13-15H2,1-5H3,(H,33,34)(H2,30,31,35). The highest BCUT2D eigenvalue weighted by Gasteiger charge is 2.42. The van der Waals surface area contributed by atoms with Gasteiger partial charge >= 0.3 is 18.2 Å². The third-order valence-corrected chi connectivity index (χ3v) is 5.27. The molecule has 6 nitrogen and oxygen atoms in total. The lowest BCUT2D eigenvalue weighted by molar-refractivity contribution is -0.163. The van der Waals surface area contributed by atoms with E-state index in [1.54, 1.807) is 12.1 Å². The highest BCUT2D eigenvalue weighted by molar-refractivity contribution is 6.02. The number of amides is 2. The average molecular weight is 494 g/mol. The number of carboxylic acid groups (broad SMARTS) is 1. The average Bonchev–Trinajstić information content (AvgIpc) is 2.71. The first-order valence-corrected chi connectivity index (χ1v) is 11.6. The van der Waals surface area contributed by atoms with Crippen molar-refractivity contribution in [1.82, 2.24) is 0 Å². The number of hydrogen-bond donors (Lipinski definition) is 3. The van der Waals surface area contributed by atoms with Crippen LogP contribution in [0.2, 0.25) is 0 Å². The fourth-order valence-corrected chi connectivity index (χ4v) is 3.82. The number of nitrogens with zero attached hydrogens (tertiary/aromatic N) is 1. The van der Waals surface area contributed by atoms with E-state index < -0.39 is 30.5 Å². The van der Waals surface area contributed by atoms with Crippen molar-refractivity contribution in [3.63, 3.8) is 0 Å². The Labute approximate surface area is 204 Å². The van der Waals surface area contributed by atoms with E-state index in [2.05, 4.69) is 10.6 Å². The summed E-state index contributed by atoms with van der Waals surface area (Å²) < 4.78 is 41.1. The number of benzene rings is 2. The topological polar surface area (TPSA) is 81.7 Å². The molecule has 192 valence electrons. The number of rotatable bonds is 10. The Bertz CT molecular complexity index is 995. The van der Waals surface area contributed by atoms with Gasteiger partial charge in [-0.3, -0.25) is 4.79 Å². The van der Waals surface area contributed by atoms with Crippen LogP contribution in [0.3, 0.4) is 0 Å². The van der Waals surface area contributed by atoms with Gasteiger partial charge in [0.2, 0.25) is 0 Å². The number of halogens is 3. The van der Waals surface area contributed by atoms with Crippen molar-refractivity contribution >= 4 is 29.1 Å². The molecule has 3 N–H and O–H groups in total. The molecule has 0 radical (unpaired) electrons. The molecule has 0 saturated heterocycles. The number of hydrogen-bond acceptors (Lipinski definition) is 3. The quantitative estimate of drug-likeness (QED) is 0.337. The molecule has 2 aromatic carbocycles. The number of carbonyl (C=O) groups excluding carboxylic acids is 1. The van der Waals surface area contributed by atoms with Crippen LogP contribution >= 0.6 is 0 Å². The number of nitrogens with one attached hydrogen (secondary N) is 2. The molecule has 0 heterocycles. The Morgan fingerprint density at radius 1 is 0.943 bits per heavy atom. The molecule has 1 unspecified atom stereocenters. The summed E-state index contributed by atoms with van der Waals surface area (Å²) in [6, 6.07) is 10.6.